The number of rotatable bonds is 1. The molecule has 1 aromatic heterocycles. The summed E-state index contributed by atoms with van der Waals surface area (Å²) in [5, 5.41) is 0.476. The highest BCUT2D eigenvalue weighted by molar-refractivity contribution is 6.46. The zero-order valence-electron chi connectivity index (χ0n) is 9.60. The molecule has 0 fully saturated rings. The lowest BCUT2D eigenvalue weighted by Crippen LogP contribution is -2.07. The minimum absolute atomic E-state index is 0.0514. The van der Waals surface area contributed by atoms with E-state index in [1.807, 2.05) is 0 Å². The molecule has 0 aliphatic heterocycles. The van der Waals surface area contributed by atoms with Gasteiger partial charge >= 0.3 is 6.18 Å². The molecule has 0 aliphatic rings. The van der Waals surface area contributed by atoms with E-state index in [-0.39, 0.29) is 32.0 Å². The van der Waals surface area contributed by atoms with Crippen molar-refractivity contribution in [3.63, 3.8) is 0 Å². The summed E-state index contributed by atoms with van der Waals surface area (Å²) in [5.41, 5.74) is 4.73. The summed E-state index contributed by atoms with van der Waals surface area (Å²) < 4.78 is 37.7. The zero-order chi connectivity index (χ0) is 15.1. The maximum absolute atomic E-state index is 12.6. The molecule has 0 spiro atoms. The van der Waals surface area contributed by atoms with Gasteiger partial charge in [0.2, 0.25) is 0 Å². The molecule has 2 aromatic rings. The van der Waals surface area contributed by atoms with Crippen LogP contribution in [0, 0.1) is 0 Å². The first-order valence-electron chi connectivity index (χ1n) is 5.18. The van der Waals surface area contributed by atoms with Gasteiger partial charge in [0, 0.05) is 11.8 Å². The lowest BCUT2D eigenvalue weighted by Gasteiger charge is -2.12. The van der Waals surface area contributed by atoms with E-state index in [2.05, 4.69) is 4.98 Å². The highest BCUT2D eigenvalue weighted by atomic mass is 35.5. The van der Waals surface area contributed by atoms with E-state index in [1.165, 1.54) is 12.1 Å². The van der Waals surface area contributed by atoms with Crippen LogP contribution < -0.4 is 5.73 Å². The number of halogens is 6. The van der Waals surface area contributed by atoms with Crippen molar-refractivity contribution in [1.82, 2.24) is 4.98 Å². The monoisotopic (exact) mass is 340 g/mol. The van der Waals surface area contributed by atoms with Crippen LogP contribution in [0.3, 0.4) is 0 Å². The fourth-order valence-corrected chi connectivity index (χ4v) is 2.30. The quantitative estimate of drug-likeness (QED) is 0.714. The average molecular weight is 342 g/mol. The Bertz CT molecular complexity index is 672. The molecule has 0 aliphatic carbocycles. The molecule has 2 nitrogen and oxygen atoms in total. The van der Waals surface area contributed by atoms with Crippen LogP contribution in [0.15, 0.2) is 24.4 Å². The number of anilines is 1. The Labute approximate surface area is 127 Å². The van der Waals surface area contributed by atoms with Gasteiger partial charge in [-0.2, -0.15) is 13.2 Å². The number of aromatic nitrogens is 1. The molecule has 0 radical (unpaired) electrons. The van der Waals surface area contributed by atoms with Gasteiger partial charge in [-0.15, -0.1) is 0 Å². The highest BCUT2D eigenvalue weighted by Gasteiger charge is 2.32. The first-order valence-corrected chi connectivity index (χ1v) is 6.31. The highest BCUT2D eigenvalue weighted by Crippen LogP contribution is 2.41. The van der Waals surface area contributed by atoms with Crippen molar-refractivity contribution in [2.75, 3.05) is 5.73 Å². The first-order chi connectivity index (χ1) is 9.21. The summed E-state index contributed by atoms with van der Waals surface area (Å²) in [6, 6.07) is 3.70. The van der Waals surface area contributed by atoms with Crippen LogP contribution in [0.5, 0.6) is 0 Å². The molecule has 0 saturated carbocycles. The molecule has 8 heteroatoms. The molecule has 2 N–H and O–H groups in total. The Balaban J connectivity index is 2.64. The van der Waals surface area contributed by atoms with E-state index in [1.54, 1.807) is 0 Å². The molecule has 0 bridgehead atoms. The molecule has 1 aromatic carbocycles. The molecule has 0 atom stereocenters. The first kappa shape index (κ1) is 15.2. The second-order valence-corrected chi connectivity index (χ2v) is 5.07. The van der Waals surface area contributed by atoms with Crippen LogP contribution in [0.2, 0.25) is 15.1 Å². The van der Waals surface area contributed by atoms with Crippen molar-refractivity contribution in [3.8, 4) is 11.3 Å². The molecule has 0 unspecified atom stereocenters. The predicted molar refractivity (Wildman–Crippen MR) is 74.1 cm³/mol. The number of nitrogen functional groups attached to an aromatic ring is 1. The number of pyridine rings is 1. The Hall–Kier alpha value is -1.17. The van der Waals surface area contributed by atoms with Crippen LogP contribution in [-0.4, -0.2) is 4.98 Å². The maximum atomic E-state index is 12.6. The van der Waals surface area contributed by atoms with Crippen LogP contribution in [0.1, 0.15) is 5.56 Å². The molecule has 0 saturated heterocycles. The van der Waals surface area contributed by atoms with Crippen molar-refractivity contribution in [2.45, 2.75) is 6.18 Å². The second kappa shape index (κ2) is 5.31. The lowest BCUT2D eigenvalue weighted by molar-refractivity contribution is -0.137. The van der Waals surface area contributed by atoms with Gasteiger partial charge in [-0.05, 0) is 18.2 Å². The topological polar surface area (TPSA) is 38.9 Å². The third-order valence-corrected chi connectivity index (χ3v) is 3.64. The number of alkyl halides is 3. The van der Waals surface area contributed by atoms with E-state index in [9.17, 15) is 13.2 Å². The van der Waals surface area contributed by atoms with E-state index in [0.29, 0.717) is 6.20 Å². The van der Waals surface area contributed by atoms with Gasteiger partial charge in [-0.1, -0.05) is 34.8 Å². The minimum Gasteiger partial charge on any atom is -0.397 e. The van der Waals surface area contributed by atoms with E-state index in [0.717, 1.165) is 6.07 Å². The Kier molecular flexibility index (Phi) is 4.04. The van der Waals surface area contributed by atoms with Gasteiger partial charge in [0.1, 0.15) is 0 Å². The number of hydrogen-bond acceptors (Lipinski definition) is 2. The van der Waals surface area contributed by atoms with Gasteiger partial charge < -0.3 is 5.73 Å². The number of benzene rings is 1. The van der Waals surface area contributed by atoms with E-state index in [4.69, 9.17) is 40.5 Å². The van der Waals surface area contributed by atoms with Crippen LogP contribution in [0.4, 0.5) is 18.9 Å². The van der Waals surface area contributed by atoms with Gasteiger partial charge in [0.05, 0.1) is 32.0 Å². The fraction of sp³-hybridized carbons (Fsp3) is 0.0833. The predicted octanol–water partition coefficient (Wildman–Crippen LogP) is 5.31. The van der Waals surface area contributed by atoms with Crippen molar-refractivity contribution < 1.29 is 13.2 Å². The Morgan fingerprint density at radius 2 is 1.65 bits per heavy atom. The van der Waals surface area contributed by atoms with Gasteiger partial charge in [-0.25, -0.2) is 0 Å². The number of nitrogens with two attached hydrogens (primary N) is 1. The van der Waals surface area contributed by atoms with Crippen LogP contribution in [-0.2, 0) is 6.18 Å². The maximum Gasteiger partial charge on any atom is 0.417 e. The summed E-state index contributed by atoms with van der Waals surface area (Å²) in [5.74, 6) is 0. The van der Waals surface area contributed by atoms with Crippen molar-refractivity contribution in [3.05, 3.63) is 45.0 Å². The fourth-order valence-electron chi connectivity index (χ4n) is 1.59. The average Bonchev–Trinajstić information content (AvgIpc) is 2.35. The molecule has 1 heterocycles. The van der Waals surface area contributed by atoms with Crippen molar-refractivity contribution >= 4 is 40.5 Å². The van der Waals surface area contributed by atoms with E-state index < -0.39 is 11.7 Å². The Morgan fingerprint density at radius 3 is 2.20 bits per heavy atom. The molecular weight excluding hydrogens is 335 g/mol. The number of nitrogens with zero attached hydrogens (tertiary/aromatic N) is 1. The molecular formula is C12H6Cl3F3N2. The lowest BCUT2D eigenvalue weighted by atomic mass is 10.1. The third-order valence-electron chi connectivity index (χ3n) is 2.53. The molecule has 106 valence electrons. The zero-order valence-corrected chi connectivity index (χ0v) is 11.9. The summed E-state index contributed by atoms with van der Waals surface area (Å²) in [6.45, 7) is 0. The van der Waals surface area contributed by atoms with Gasteiger partial charge in [0.25, 0.3) is 0 Å². The summed E-state index contributed by atoms with van der Waals surface area (Å²) in [7, 11) is 0. The summed E-state index contributed by atoms with van der Waals surface area (Å²) >= 11 is 17.8. The van der Waals surface area contributed by atoms with Gasteiger partial charge in [-0.3, -0.25) is 4.98 Å². The molecule has 20 heavy (non-hydrogen) atoms. The van der Waals surface area contributed by atoms with Crippen LogP contribution >= 0.6 is 34.8 Å². The second-order valence-electron chi connectivity index (χ2n) is 3.88. The van der Waals surface area contributed by atoms with Crippen molar-refractivity contribution in [2.24, 2.45) is 0 Å². The summed E-state index contributed by atoms with van der Waals surface area (Å²) in [4.78, 5) is 3.71. The van der Waals surface area contributed by atoms with Crippen molar-refractivity contribution in [1.29, 1.82) is 0 Å². The normalized spacial score (nSPS) is 11.7. The minimum atomic E-state index is -4.53. The SMILES string of the molecule is Nc1cc(C(F)(F)F)cnc1-c1c(Cl)ccc(Cl)c1Cl. The summed E-state index contributed by atoms with van der Waals surface area (Å²) in [6.07, 6.45) is -3.86. The Morgan fingerprint density at radius 1 is 1.05 bits per heavy atom. The third kappa shape index (κ3) is 2.80. The molecule has 2 rings (SSSR count). The number of hydrogen-bond donors (Lipinski definition) is 1. The molecule has 0 amide bonds. The van der Waals surface area contributed by atoms with Gasteiger partial charge in [0.15, 0.2) is 0 Å². The standard InChI is InChI=1S/C12H6Cl3F3N2/c13-6-1-2-7(14)10(15)9(6)11-8(19)3-5(4-20-11)12(16,17)18/h1-4H,19H2. The van der Waals surface area contributed by atoms with E-state index >= 15 is 0 Å². The smallest absolute Gasteiger partial charge is 0.397 e. The van der Waals surface area contributed by atoms with Crippen LogP contribution in [0.25, 0.3) is 11.3 Å². The largest absolute Gasteiger partial charge is 0.417 e.